The lowest BCUT2D eigenvalue weighted by Crippen LogP contribution is -2.22. The third-order valence-corrected chi connectivity index (χ3v) is 11.3. The van der Waals surface area contributed by atoms with E-state index in [1.54, 1.807) is 0 Å². The summed E-state index contributed by atoms with van der Waals surface area (Å²) in [7, 11) is 0. The summed E-state index contributed by atoms with van der Waals surface area (Å²) in [6.45, 7) is 11.2. The van der Waals surface area contributed by atoms with Crippen LogP contribution in [0.5, 0.6) is 0 Å². The van der Waals surface area contributed by atoms with E-state index >= 15 is 0 Å². The van der Waals surface area contributed by atoms with Gasteiger partial charge >= 0.3 is 0 Å². The lowest BCUT2D eigenvalue weighted by atomic mass is 9.68. The molecule has 5 aromatic carbocycles. The van der Waals surface area contributed by atoms with Crippen LogP contribution in [0.2, 0.25) is 0 Å². The van der Waals surface area contributed by atoms with Crippen LogP contribution in [0.4, 0.5) is 0 Å². The summed E-state index contributed by atoms with van der Waals surface area (Å²) in [5, 5.41) is 0. The summed E-state index contributed by atoms with van der Waals surface area (Å²) in [5.41, 5.74) is 28.8. The molecule has 0 aliphatic carbocycles. The van der Waals surface area contributed by atoms with Crippen LogP contribution < -0.4 is 17.2 Å². The van der Waals surface area contributed by atoms with E-state index in [9.17, 15) is 0 Å². The predicted molar refractivity (Wildman–Crippen MR) is 218 cm³/mol. The molecule has 5 atom stereocenters. The van der Waals surface area contributed by atoms with Gasteiger partial charge in [0.1, 0.15) is 0 Å². The Hall–Kier alpha value is -4.02. The number of hydrogen-bond acceptors (Lipinski definition) is 3. The highest BCUT2D eigenvalue weighted by Crippen LogP contribution is 2.47. The van der Waals surface area contributed by atoms with Crippen LogP contribution in [0.25, 0.3) is 0 Å². The maximum atomic E-state index is 6.09. The first-order valence-electron chi connectivity index (χ1n) is 19.2. The number of rotatable bonds is 17. The van der Waals surface area contributed by atoms with Crippen LogP contribution in [0.1, 0.15) is 134 Å². The van der Waals surface area contributed by atoms with Crippen molar-refractivity contribution in [3.05, 3.63) is 178 Å². The van der Waals surface area contributed by atoms with Crippen molar-refractivity contribution in [1.29, 1.82) is 0 Å². The maximum absolute atomic E-state index is 6.09. The Balaban J connectivity index is 1.54. The fourth-order valence-corrected chi connectivity index (χ4v) is 8.14. The fourth-order valence-electron chi connectivity index (χ4n) is 8.14. The SMILES string of the molecule is CCC(CC(CC(CC(CC(c1ccc(CN)cc1)C(C)(C)C)c1ccccc1)c1ccc(CN)cc1)c1ccccc1)c1ccc(CN)cc1. The van der Waals surface area contributed by atoms with Crippen molar-refractivity contribution in [2.24, 2.45) is 22.6 Å². The molecule has 0 aliphatic rings. The van der Waals surface area contributed by atoms with Gasteiger partial charge in [0.25, 0.3) is 0 Å². The minimum absolute atomic E-state index is 0.0932. The van der Waals surface area contributed by atoms with Gasteiger partial charge in [0, 0.05) is 19.6 Å². The number of nitrogens with two attached hydrogens (primary N) is 3. The Morgan fingerprint density at radius 1 is 0.392 bits per heavy atom. The third-order valence-electron chi connectivity index (χ3n) is 11.3. The van der Waals surface area contributed by atoms with Crippen molar-refractivity contribution in [2.45, 2.75) is 109 Å². The molecule has 0 radical (unpaired) electrons. The summed E-state index contributed by atoms with van der Waals surface area (Å²) in [4.78, 5) is 0. The molecule has 5 unspecified atom stereocenters. The standard InChI is InChI=1S/C48H61N3/c1-5-38(41-22-16-35(32-49)17-23-41)28-44(39-12-8-6-9-13-39)29-45(42-24-18-36(33-50)19-25-42)30-46(40-14-10-7-11-15-40)31-47(48(2,3)4)43-26-20-37(34-51)21-27-43/h6-27,38,44-47H,5,28-34,49-51H2,1-4H3. The molecule has 5 aromatic rings. The topological polar surface area (TPSA) is 78.1 Å². The molecule has 6 N–H and O–H groups in total. The molecule has 0 fully saturated rings. The van der Waals surface area contributed by atoms with E-state index in [1.807, 2.05) is 0 Å². The van der Waals surface area contributed by atoms with E-state index in [4.69, 9.17) is 17.2 Å². The van der Waals surface area contributed by atoms with Gasteiger partial charge in [0.2, 0.25) is 0 Å². The van der Waals surface area contributed by atoms with Crippen molar-refractivity contribution in [3.63, 3.8) is 0 Å². The Kier molecular flexibility index (Phi) is 13.8. The van der Waals surface area contributed by atoms with Crippen molar-refractivity contribution in [3.8, 4) is 0 Å². The molecule has 3 nitrogen and oxygen atoms in total. The zero-order chi connectivity index (χ0) is 36.2. The average molecular weight is 680 g/mol. The second kappa shape index (κ2) is 18.5. The summed E-state index contributed by atoms with van der Waals surface area (Å²) in [6.07, 6.45) is 5.44. The normalized spacial score (nSPS) is 14.8. The molecule has 0 saturated carbocycles. The molecule has 51 heavy (non-hydrogen) atoms. The van der Waals surface area contributed by atoms with Crippen molar-refractivity contribution < 1.29 is 0 Å². The Bertz CT molecular complexity index is 1710. The van der Waals surface area contributed by atoms with Gasteiger partial charge in [0.15, 0.2) is 0 Å². The molecule has 0 amide bonds. The molecule has 3 heteroatoms. The summed E-state index contributed by atoms with van der Waals surface area (Å²) < 4.78 is 0. The first-order valence-corrected chi connectivity index (χ1v) is 19.2. The van der Waals surface area contributed by atoms with E-state index in [2.05, 4.69) is 161 Å². The number of benzene rings is 5. The molecule has 0 saturated heterocycles. The molecule has 0 spiro atoms. The van der Waals surface area contributed by atoms with E-state index in [-0.39, 0.29) is 5.41 Å². The minimum atomic E-state index is 0.0932. The molecule has 0 bridgehead atoms. The highest BCUT2D eigenvalue weighted by Gasteiger charge is 2.32. The van der Waals surface area contributed by atoms with E-state index < -0.39 is 0 Å². The minimum Gasteiger partial charge on any atom is -0.326 e. The lowest BCUT2D eigenvalue weighted by molar-refractivity contribution is 0.279. The van der Waals surface area contributed by atoms with Crippen LogP contribution in [0, 0.1) is 5.41 Å². The first-order chi connectivity index (χ1) is 24.7. The smallest absolute Gasteiger partial charge is 0.0178 e. The van der Waals surface area contributed by atoms with Crippen molar-refractivity contribution >= 4 is 0 Å². The zero-order valence-corrected chi connectivity index (χ0v) is 31.5. The first kappa shape index (κ1) is 38.2. The molecule has 0 aliphatic heterocycles. The molecule has 268 valence electrons. The Morgan fingerprint density at radius 3 is 1.06 bits per heavy atom. The van der Waals surface area contributed by atoms with Gasteiger partial charge in [-0.2, -0.15) is 0 Å². The molecule has 0 heterocycles. The van der Waals surface area contributed by atoms with Crippen molar-refractivity contribution in [1.82, 2.24) is 0 Å². The quantitative estimate of drug-likeness (QED) is 0.0915. The van der Waals surface area contributed by atoms with Gasteiger partial charge in [-0.05, 0) is 112 Å². The molecular formula is C48H61N3. The van der Waals surface area contributed by atoms with Gasteiger partial charge in [-0.25, -0.2) is 0 Å². The van der Waals surface area contributed by atoms with Crippen LogP contribution in [0.3, 0.4) is 0 Å². The predicted octanol–water partition coefficient (Wildman–Crippen LogP) is 11.3. The highest BCUT2D eigenvalue weighted by molar-refractivity contribution is 5.32. The van der Waals surface area contributed by atoms with E-state index in [1.165, 1.54) is 44.5 Å². The van der Waals surface area contributed by atoms with Gasteiger partial charge in [0.05, 0.1) is 0 Å². The second-order valence-corrected chi connectivity index (χ2v) is 15.7. The largest absolute Gasteiger partial charge is 0.326 e. The van der Waals surface area contributed by atoms with Gasteiger partial charge in [-0.15, -0.1) is 0 Å². The van der Waals surface area contributed by atoms with Crippen LogP contribution in [-0.4, -0.2) is 0 Å². The van der Waals surface area contributed by atoms with Gasteiger partial charge < -0.3 is 17.2 Å². The van der Waals surface area contributed by atoms with E-state index in [0.717, 1.165) is 32.1 Å². The maximum Gasteiger partial charge on any atom is 0.0178 e. The van der Waals surface area contributed by atoms with Crippen LogP contribution in [-0.2, 0) is 19.6 Å². The number of hydrogen-bond donors (Lipinski definition) is 3. The molecular weight excluding hydrogens is 619 g/mol. The second-order valence-electron chi connectivity index (χ2n) is 15.7. The molecule has 0 aromatic heterocycles. The third kappa shape index (κ3) is 10.5. The van der Waals surface area contributed by atoms with Gasteiger partial charge in [-0.3, -0.25) is 0 Å². The fraction of sp³-hybridized carbons (Fsp3) is 0.375. The van der Waals surface area contributed by atoms with Crippen LogP contribution >= 0.6 is 0 Å². The highest BCUT2D eigenvalue weighted by atomic mass is 14.5. The average Bonchev–Trinajstić information content (AvgIpc) is 3.17. The lowest BCUT2D eigenvalue weighted by Gasteiger charge is -2.36. The summed E-state index contributed by atoms with van der Waals surface area (Å²) in [5.74, 6) is 2.01. The van der Waals surface area contributed by atoms with Crippen LogP contribution in [0.15, 0.2) is 133 Å². The zero-order valence-electron chi connectivity index (χ0n) is 31.5. The van der Waals surface area contributed by atoms with E-state index in [0.29, 0.717) is 49.2 Å². The monoisotopic (exact) mass is 679 g/mol. The Morgan fingerprint density at radius 2 is 0.706 bits per heavy atom. The van der Waals surface area contributed by atoms with Crippen molar-refractivity contribution in [2.75, 3.05) is 0 Å². The molecule has 5 rings (SSSR count). The Labute approximate surface area is 308 Å². The summed E-state index contributed by atoms with van der Waals surface area (Å²) in [6, 6.07) is 49.8. The summed E-state index contributed by atoms with van der Waals surface area (Å²) >= 11 is 0. The van der Waals surface area contributed by atoms with Gasteiger partial charge in [-0.1, -0.05) is 161 Å².